The number of rotatable bonds is 6. The second-order valence-electron chi connectivity index (χ2n) is 6.35. The molecule has 0 heterocycles. The number of fused-ring (bicyclic) bond motifs is 1. The zero-order valence-electron chi connectivity index (χ0n) is 15.5. The summed E-state index contributed by atoms with van der Waals surface area (Å²) in [5, 5.41) is 2.96. The van der Waals surface area contributed by atoms with E-state index in [1.165, 1.54) is 19.8 Å². The number of benzene rings is 2. The first kappa shape index (κ1) is 18.8. The zero-order chi connectivity index (χ0) is 19.2. The van der Waals surface area contributed by atoms with Gasteiger partial charge in [0.2, 0.25) is 0 Å². The summed E-state index contributed by atoms with van der Waals surface area (Å²) >= 11 is 0. The molecule has 0 bridgehead atoms. The van der Waals surface area contributed by atoms with Crippen molar-refractivity contribution in [3.63, 3.8) is 0 Å². The molecule has 1 atom stereocenters. The van der Waals surface area contributed by atoms with Crippen LogP contribution in [-0.2, 0) is 16.0 Å². The predicted octanol–water partition coefficient (Wildman–Crippen LogP) is 3.05. The lowest BCUT2D eigenvalue weighted by molar-refractivity contribution is -0.125. The van der Waals surface area contributed by atoms with Crippen LogP contribution in [0.15, 0.2) is 42.5 Å². The van der Waals surface area contributed by atoms with E-state index >= 15 is 0 Å². The normalized spacial score (nSPS) is 15.4. The number of methoxy groups -OCH3 is 2. The van der Waals surface area contributed by atoms with E-state index in [-0.39, 0.29) is 24.1 Å². The van der Waals surface area contributed by atoms with Gasteiger partial charge in [0, 0.05) is 6.07 Å². The van der Waals surface area contributed by atoms with Crippen molar-refractivity contribution in [3.05, 3.63) is 59.2 Å². The highest BCUT2D eigenvalue weighted by molar-refractivity contribution is 5.94. The van der Waals surface area contributed by atoms with Gasteiger partial charge in [-0.15, -0.1) is 0 Å². The Morgan fingerprint density at radius 1 is 1.11 bits per heavy atom. The van der Waals surface area contributed by atoms with Gasteiger partial charge in [-0.25, -0.2) is 4.79 Å². The quantitative estimate of drug-likeness (QED) is 0.792. The van der Waals surface area contributed by atoms with Gasteiger partial charge in [0.1, 0.15) is 17.1 Å². The molecule has 0 saturated carbocycles. The van der Waals surface area contributed by atoms with E-state index in [0.717, 1.165) is 24.8 Å². The van der Waals surface area contributed by atoms with E-state index in [9.17, 15) is 9.59 Å². The van der Waals surface area contributed by atoms with E-state index in [0.29, 0.717) is 11.5 Å². The minimum Gasteiger partial charge on any atom is -0.497 e. The van der Waals surface area contributed by atoms with Gasteiger partial charge in [0.05, 0.1) is 20.3 Å². The molecule has 0 saturated heterocycles. The molecule has 0 radical (unpaired) electrons. The van der Waals surface area contributed by atoms with Gasteiger partial charge in [0.15, 0.2) is 6.61 Å². The van der Waals surface area contributed by atoms with Crippen LogP contribution in [-0.4, -0.2) is 32.7 Å². The highest BCUT2D eigenvalue weighted by Crippen LogP contribution is 2.29. The third-order valence-electron chi connectivity index (χ3n) is 4.67. The summed E-state index contributed by atoms with van der Waals surface area (Å²) < 4.78 is 15.5. The lowest BCUT2D eigenvalue weighted by Gasteiger charge is -2.26. The summed E-state index contributed by atoms with van der Waals surface area (Å²) in [6, 6.07) is 12.8. The maximum absolute atomic E-state index is 12.3. The van der Waals surface area contributed by atoms with Crippen LogP contribution in [0.1, 0.15) is 40.4 Å². The molecule has 0 fully saturated rings. The van der Waals surface area contributed by atoms with E-state index < -0.39 is 5.97 Å². The summed E-state index contributed by atoms with van der Waals surface area (Å²) in [6.45, 7) is -0.341. The monoisotopic (exact) mass is 369 g/mol. The van der Waals surface area contributed by atoms with E-state index in [1.54, 1.807) is 18.2 Å². The predicted molar refractivity (Wildman–Crippen MR) is 100 cm³/mol. The van der Waals surface area contributed by atoms with Crippen molar-refractivity contribution in [1.29, 1.82) is 0 Å². The third-order valence-corrected chi connectivity index (χ3v) is 4.67. The van der Waals surface area contributed by atoms with Crippen LogP contribution in [0.25, 0.3) is 0 Å². The first-order valence-electron chi connectivity index (χ1n) is 8.88. The van der Waals surface area contributed by atoms with Crippen LogP contribution in [0.4, 0.5) is 0 Å². The first-order chi connectivity index (χ1) is 13.1. The van der Waals surface area contributed by atoms with Gasteiger partial charge >= 0.3 is 5.97 Å². The molecule has 0 aromatic heterocycles. The van der Waals surface area contributed by atoms with Crippen LogP contribution in [0, 0.1) is 0 Å². The number of aryl methyl sites for hydroxylation is 1. The Bertz CT molecular complexity index is 833. The molecular weight excluding hydrogens is 346 g/mol. The number of ether oxygens (including phenoxy) is 3. The highest BCUT2D eigenvalue weighted by Gasteiger charge is 2.22. The second kappa shape index (κ2) is 8.58. The van der Waals surface area contributed by atoms with Crippen molar-refractivity contribution in [3.8, 4) is 11.5 Å². The molecule has 142 valence electrons. The first-order valence-corrected chi connectivity index (χ1v) is 8.88. The van der Waals surface area contributed by atoms with E-state index in [2.05, 4.69) is 11.4 Å². The topological polar surface area (TPSA) is 73.9 Å². The molecule has 6 heteroatoms. The molecular formula is C21H23NO5. The molecule has 2 aromatic carbocycles. The number of hydrogen-bond acceptors (Lipinski definition) is 5. The number of hydrogen-bond donors (Lipinski definition) is 1. The minimum atomic E-state index is -0.617. The van der Waals surface area contributed by atoms with Crippen LogP contribution in [0.3, 0.4) is 0 Å². The molecule has 0 spiro atoms. The van der Waals surface area contributed by atoms with Crippen molar-refractivity contribution in [2.75, 3.05) is 20.8 Å². The van der Waals surface area contributed by atoms with E-state index in [4.69, 9.17) is 14.2 Å². The lowest BCUT2D eigenvalue weighted by atomic mass is 9.88. The van der Waals surface area contributed by atoms with Crippen LogP contribution in [0.5, 0.6) is 11.5 Å². The molecule has 1 aliphatic carbocycles. The fourth-order valence-electron chi connectivity index (χ4n) is 3.32. The molecule has 6 nitrogen and oxygen atoms in total. The SMILES string of the molecule is COc1ccc(C(=O)OCC(=O)N[C@@H]2CCCc3ccccc32)c(OC)c1. The fraction of sp³-hybridized carbons (Fsp3) is 0.333. The standard InChI is InChI=1S/C21H23NO5/c1-25-15-10-11-17(19(12-15)26-2)21(24)27-13-20(23)22-18-9-5-7-14-6-3-4-8-16(14)18/h3-4,6,8,10-12,18H,5,7,9,13H2,1-2H3,(H,22,23)/t18-/m1/s1. The maximum atomic E-state index is 12.3. The molecule has 1 amide bonds. The number of amides is 1. The Morgan fingerprint density at radius 3 is 2.70 bits per heavy atom. The molecule has 0 unspecified atom stereocenters. The fourth-order valence-corrected chi connectivity index (χ4v) is 3.32. The molecule has 2 aromatic rings. The molecule has 1 aliphatic rings. The summed E-state index contributed by atoms with van der Waals surface area (Å²) in [6.07, 6.45) is 2.92. The molecule has 27 heavy (non-hydrogen) atoms. The molecule has 0 aliphatic heterocycles. The van der Waals surface area contributed by atoms with Gasteiger partial charge in [-0.3, -0.25) is 4.79 Å². The van der Waals surface area contributed by atoms with Gasteiger partial charge in [-0.1, -0.05) is 24.3 Å². The Morgan fingerprint density at radius 2 is 1.93 bits per heavy atom. The van der Waals surface area contributed by atoms with Crippen molar-refractivity contribution >= 4 is 11.9 Å². The van der Waals surface area contributed by atoms with E-state index in [1.807, 2.05) is 18.2 Å². The number of carbonyl (C=O) groups is 2. The minimum absolute atomic E-state index is 0.0447. The third kappa shape index (κ3) is 4.39. The smallest absolute Gasteiger partial charge is 0.342 e. The zero-order valence-corrected chi connectivity index (χ0v) is 15.5. The largest absolute Gasteiger partial charge is 0.497 e. The Kier molecular flexibility index (Phi) is 5.96. The molecule has 3 rings (SSSR count). The van der Waals surface area contributed by atoms with Crippen molar-refractivity contribution < 1.29 is 23.8 Å². The molecule has 1 N–H and O–H groups in total. The highest BCUT2D eigenvalue weighted by atomic mass is 16.5. The number of nitrogens with one attached hydrogen (secondary N) is 1. The summed E-state index contributed by atoms with van der Waals surface area (Å²) in [7, 11) is 2.99. The van der Waals surface area contributed by atoms with Gasteiger partial charge in [-0.05, 0) is 42.5 Å². The number of carbonyl (C=O) groups excluding carboxylic acids is 2. The average Bonchev–Trinajstić information content (AvgIpc) is 2.71. The summed E-state index contributed by atoms with van der Waals surface area (Å²) in [5.41, 5.74) is 2.64. The van der Waals surface area contributed by atoms with Crippen LogP contribution >= 0.6 is 0 Å². The maximum Gasteiger partial charge on any atom is 0.342 e. The van der Waals surface area contributed by atoms with Crippen molar-refractivity contribution in [2.45, 2.75) is 25.3 Å². The second-order valence-corrected chi connectivity index (χ2v) is 6.35. The van der Waals surface area contributed by atoms with Crippen molar-refractivity contribution in [1.82, 2.24) is 5.32 Å². The van der Waals surface area contributed by atoms with Gasteiger partial charge in [0.25, 0.3) is 5.91 Å². The van der Waals surface area contributed by atoms with Crippen LogP contribution in [0.2, 0.25) is 0 Å². The van der Waals surface area contributed by atoms with Gasteiger partial charge in [-0.2, -0.15) is 0 Å². The Balaban J connectivity index is 1.59. The van der Waals surface area contributed by atoms with Crippen molar-refractivity contribution in [2.24, 2.45) is 0 Å². The summed E-state index contributed by atoms with van der Waals surface area (Å²) in [5.74, 6) is -0.0377. The summed E-state index contributed by atoms with van der Waals surface area (Å²) in [4.78, 5) is 24.6. The Labute approximate surface area is 158 Å². The number of esters is 1. The average molecular weight is 369 g/mol. The lowest BCUT2D eigenvalue weighted by Crippen LogP contribution is -2.34. The van der Waals surface area contributed by atoms with Gasteiger partial charge < -0.3 is 19.5 Å². The Hall–Kier alpha value is -3.02. The van der Waals surface area contributed by atoms with Crippen LogP contribution < -0.4 is 14.8 Å².